The summed E-state index contributed by atoms with van der Waals surface area (Å²) >= 11 is 0. The van der Waals surface area contributed by atoms with Crippen LogP contribution in [0.25, 0.3) is 44.8 Å². The van der Waals surface area contributed by atoms with Crippen molar-refractivity contribution in [2.45, 2.75) is 39.9 Å². The number of benzene rings is 4. The highest BCUT2D eigenvalue weighted by atomic mass is 32.2. The summed E-state index contributed by atoms with van der Waals surface area (Å²) in [5.41, 5.74) is 2.36. The maximum Gasteiger partial charge on any atom is 0.327 e. The normalized spacial score (nSPS) is 11.3. The summed E-state index contributed by atoms with van der Waals surface area (Å²) in [7, 11) is -0.633. The highest BCUT2D eigenvalue weighted by molar-refractivity contribution is 7.92. The topological polar surface area (TPSA) is 202 Å². The van der Waals surface area contributed by atoms with Crippen LogP contribution in [-0.4, -0.2) is 77.1 Å². The number of imidazole rings is 2. The van der Waals surface area contributed by atoms with E-state index in [2.05, 4.69) is 25.3 Å². The molecule has 0 atom stereocenters. The van der Waals surface area contributed by atoms with Crippen LogP contribution in [0.1, 0.15) is 27.7 Å². The lowest BCUT2D eigenvalue weighted by atomic mass is 10.2. The number of halogens is 2. The van der Waals surface area contributed by atoms with E-state index in [0.717, 1.165) is 6.26 Å². The number of hydrogen-bond acceptors (Lipinski definition) is 10. The van der Waals surface area contributed by atoms with Crippen molar-refractivity contribution in [1.82, 2.24) is 29.7 Å². The first kappa shape index (κ1) is 40.6. The monoisotopic (exact) mass is 792 g/mol. The number of sulfonamides is 1. The molecule has 2 amide bonds. The molecule has 16 nitrogen and oxygen atoms in total. The van der Waals surface area contributed by atoms with Crippen LogP contribution in [0.2, 0.25) is 0 Å². The van der Waals surface area contributed by atoms with Gasteiger partial charge in [0.1, 0.15) is 29.0 Å². The van der Waals surface area contributed by atoms with E-state index in [-0.39, 0.29) is 52.2 Å². The third-order valence-electron chi connectivity index (χ3n) is 7.75. The molecule has 0 aliphatic carbocycles. The van der Waals surface area contributed by atoms with Crippen molar-refractivity contribution >= 4 is 55.5 Å². The summed E-state index contributed by atoms with van der Waals surface area (Å²) in [5, 5.41) is 16.5. The zero-order valence-electron chi connectivity index (χ0n) is 31.2. The number of ether oxygens (including phenoxy) is 2. The van der Waals surface area contributed by atoms with E-state index >= 15 is 0 Å². The minimum atomic E-state index is -3.57. The number of amides is 2. The minimum Gasteiger partial charge on any atom is -0.489 e. The van der Waals surface area contributed by atoms with E-state index in [1.807, 2.05) is 0 Å². The number of anilines is 1. The van der Waals surface area contributed by atoms with Gasteiger partial charge in [-0.3, -0.25) is 14.8 Å². The van der Waals surface area contributed by atoms with Gasteiger partial charge in [0.2, 0.25) is 10.0 Å². The predicted molar refractivity (Wildman–Crippen MR) is 207 cm³/mol. The summed E-state index contributed by atoms with van der Waals surface area (Å²) in [5.74, 6) is -0.0215. The Balaban J connectivity index is 0.000000215. The zero-order valence-corrected chi connectivity index (χ0v) is 32.1. The van der Waals surface area contributed by atoms with Gasteiger partial charge in [0, 0.05) is 43.4 Å². The average molecular weight is 793 g/mol. The number of nitro benzene ring substituents is 1. The zero-order chi connectivity index (χ0) is 41.1. The Bertz CT molecular complexity index is 2550. The molecule has 0 fully saturated rings. The van der Waals surface area contributed by atoms with Gasteiger partial charge < -0.3 is 20.1 Å². The summed E-state index contributed by atoms with van der Waals surface area (Å²) in [6, 6.07) is 15.8. The maximum absolute atomic E-state index is 13.3. The van der Waals surface area contributed by atoms with Crippen LogP contribution >= 0.6 is 0 Å². The molecule has 4 aromatic carbocycles. The number of nitro groups is 1. The molecule has 0 saturated carbocycles. The number of nitrogens with zero attached hydrogens (tertiary/aromatic N) is 5. The number of aromatic nitrogens is 4. The fraction of sp³-hybridized carbons (Fsp3) is 0.243. The van der Waals surface area contributed by atoms with Gasteiger partial charge in [0.25, 0.3) is 0 Å². The van der Waals surface area contributed by atoms with E-state index in [1.54, 1.807) is 33.8 Å². The van der Waals surface area contributed by atoms with Gasteiger partial charge in [-0.2, -0.15) is 0 Å². The van der Waals surface area contributed by atoms with Gasteiger partial charge >= 0.3 is 17.7 Å². The van der Waals surface area contributed by atoms with E-state index < -0.39 is 38.6 Å². The minimum absolute atomic E-state index is 0.0400. The summed E-state index contributed by atoms with van der Waals surface area (Å²) in [6.07, 6.45) is 0.498. The molecule has 3 N–H and O–H groups in total. The first-order chi connectivity index (χ1) is 26.4. The smallest absolute Gasteiger partial charge is 0.327 e. The van der Waals surface area contributed by atoms with Gasteiger partial charge in [-0.25, -0.2) is 45.9 Å². The molecule has 19 heteroatoms. The van der Waals surface area contributed by atoms with E-state index in [0.29, 0.717) is 27.7 Å². The second kappa shape index (κ2) is 16.4. The number of rotatable bonds is 9. The van der Waals surface area contributed by atoms with Crippen molar-refractivity contribution in [3.8, 4) is 34.3 Å². The largest absolute Gasteiger partial charge is 0.489 e. The van der Waals surface area contributed by atoms with Crippen LogP contribution in [0.5, 0.6) is 11.5 Å². The molecule has 0 unspecified atom stereocenters. The molecule has 6 aromatic rings. The summed E-state index contributed by atoms with van der Waals surface area (Å²) in [4.78, 5) is 44.7. The van der Waals surface area contributed by atoms with Crippen LogP contribution in [0.15, 0.2) is 72.8 Å². The molecule has 2 heterocycles. The lowest BCUT2D eigenvalue weighted by Crippen LogP contribution is -2.25. The molecule has 0 spiro atoms. The first-order valence-electron chi connectivity index (χ1n) is 16.9. The van der Waals surface area contributed by atoms with Crippen molar-refractivity contribution in [3.05, 3.63) is 94.5 Å². The van der Waals surface area contributed by atoms with Crippen LogP contribution < -0.4 is 24.8 Å². The second-order valence-electron chi connectivity index (χ2n) is 12.8. The Morgan fingerprint density at radius 2 is 1.14 bits per heavy atom. The van der Waals surface area contributed by atoms with Gasteiger partial charge in [-0.1, -0.05) is 0 Å². The van der Waals surface area contributed by atoms with Crippen molar-refractivity contribution in [2.75, 3.05) is 25.1 Å². The van der Waals surface area contributed by atoms with Gasteiger partial charge in [0.05, 0.1) is 51.1 Å². The number of fused-ring (bicyclic) bond motifs is 2. The molecule has 0 saturated heterocycles. The van der Waals surface area contributed by atoms with Crippen LogP contribution in [0.3, 0.4) is 0 Å². The molecule has 0 aliphatic heterocycles. The molecule has 0 aliphatic rings. The first-order valence-corrected chi connectivity index (χ1v) is 18.8. The number of nitrogens with one attached hydrogen (secondary N) is 3. The molecule has 0 radical (unpaired) electrons. The van der Waals surface area contributed by atoms with Gasteiger partial charge in [-0.05, 0) is 82.3 Å². The Kier molecular flexibility index (Phi) is 11.9. The standard InChI is InChI=1S/C19H21FN4O4S.C18H17FN4O4/c1-11(2)28-17-10-16-14(9-15(17)23-29(4,26)27)22-18(24(16)19(25)21-3)12-5-7-13(20)8-6-12;1-10(2)27-16-9-14-13(8-15(16)23(25)26)21-17(22(14)18(24)20-3)11-4-6-12(19)7-5-11/h5-11,23H,1-4H3,(H,21,25);4-10H,1-3H3,(H,20,24). The highest BCUT2D eigenvalue weighted by Gasteiger charge is 2.25. The van der Waals surface area contributed by atoms with E-state index in [9.17, 15) is 36.9 Å². The molecule has 56 heavy (non-hydrogen) atoms. The fourth-order valence-electron chi connectivity index (χ4n) is 5.54. The SMILES string of the molecule is CNC(=O)n1c(-c2ccc(F)cc2)nc2cc(NS(C)(=O)=O)c(OC(C)C)cc21.CNC(=O)n1c(-c2ccc(F)cc2)nc2cc([N+](=O)[O-])c(OC(C)C)cc21. The molecule has 294 valence electrons. The molecule has 2 aromatic heterocycles. The van der Waals surface area contributed by atoms with Crippen molar-refractivity contribution in [3.63, 3.8) is 0 Å². The molecular formula is C37H38F2N8O8S. The van der Waals surface area contributed by atoms with Crippen LogP contribution in [0, 0.1) is 21.7 Å². The maximum atomic E-state index is 13.3. The molecular weight excluding hydrogens is 755 g/mol. The van der Waals surface area contributed by atoms with E-state index in [1.165, 1.54) is 90.0 Å². The summed E-state index contributed by atoms with van der Waals surface area (Å²) in [6.45, 7) is 7.09. The fourth-order valence-corrected chi connectivity index (χ4v) is 6.10. The Morgan fingerprint density at radius 1 is 0.732 bits per heavy atom. The second-order valence-corrected chi connectivity index (χ2v) is 14.5. The van der Waals surface area contributed by atoms with E-state index in [4.69, 9.17) is 9.47 Å². The van der Waals surface area contributed by atoms with Crippen LogP contribution in [0.4, 0.5) is 29.7 Å². The van der Waals surface area contributed by atoms with Crippen molar-refractivity contribution in [2.24, 2.45) is 0 Å². The average Bonchev–Trinajstić information content (AvgIpc) is 3.68. The number of carbonyl (C=O) groups excluding carboxylic acids is 2. The predicted octanol–water partition coefficient (Wildman–Crippen LogP) is 6.91. The Hall–Kier alpha value is -6.63. The lowest BCUT2D eigenvalue weighted by molar-refractivity contribution is -0.385. The van der Waals surface area contributed by atoms with Gasteiger partial charge in [-0.15, -0.1) is 0 Å². The molecule has 6 rings (SSSR count). The van der Waals surface area contributed by atoms with Gasteiger partial charge in [0.15, 0.2) is 5.75 Å². The number of carbonyl (C=O) groups is 2. The molecule has 0 bridgehead atoms. The highest BCUT2D eigenvalue weighted by Crippen LogP contribution is 2.36. The summed E-state index contributed by atoms with van der Waals surface area (Å²) < 4.78 is 66.4. The third kappa shape index (κ3) is 9.00. The lowest BCUT2D eigenvalue weighted by Gasteiger charge is -2.15. The van der Waals surface area contributed by atoms with Crippen molar-refractivity contribution < 1.29 is 41.2 Å². The Labute approximate surface area is 319 Å². The number of hydrogen-bond donors (Lipinski definition) is 3. The van der Waals surface area contributed by atoms with Crippen LogP contribution in [-0.2, 0) is 10.0 Å². The quantitative estimate of drug-likeness (QED) is 0.102. The van der Waals surface area contributed by atoms with Crippen molar-refractivity contribution in [1.29, 1.82) is 0 Å². The Morgan fingerprint density at radius 3 is 1.54 bits per heavy atom. The third-order valence-corrected chi connectivity index (χ3v) is 8.34.